The molecule has 0 unspecified atom stereocenters. The lowest BCUT2D eigenvalue weighted by Gasteiger charge is -2.34. The highest BCUT2D eigenvalue weighted by molar-refractivity contribution is 7.89. The maximum absolute atomic E-state index is 13.5. The van der Waals surface area contributed by atoms with E-state index in [4.69, 9.17) is 0 Å². The van der Waals surface area contributed by atoms with Gasteiger partial charge in [-0.25, -0.2) is 22.2 Å². The van der Waals surface area contributed by atoms with E-state index in [-0.39, 0.29) is 18.0 Å². The maximum atomic E-state index is 13.5. The van der Waals surface area contributed by atoms with Crippen molar-refractivity contribution < 1.29 is 17.2 Å². The lowest BCUT2D eigenvalue weighted by atomic mass is 10.3. The van der Waals surface area contributed by atoms with E-state index in [0.717, 1.165) is 17.8 Å². The van der Waals surface area contributed by atoms with Crippen LogP contribution < -0.4 is 10.2 Å². The molecule has 31 heavy (non-hydrogen) atoms. The molecule has 1 N–H and O–H groups in total. The number of benzene rings is 1. The molecule has 1 aliphatic rings. The summed E-state index contributed by atoms with van der Waals surface area (Å²) in [6.45, 7) is 3.06. The molecule has 1 aliphatic heterocycles. The Morgan fingerprint density at radius 3 is 2.32 bits per heavy atom. The van der Waals surface area contributed by atoms with E-state index in [1.165, 1.54) is 4.31 Å². The summed E-state index contributed by atoms with van der Waals surface area (Å²) in [4.78, 5) is 6.00. The third-order valence-electron chi connectivity index (χ3n) is 4.89. The highest BCUT2D eigenvalue weighted by Gasteiger charge is 2.29. The van der Waals surface area contributed by atoms with Gasteiger partial charge in [0.25, 0.3) is 0 Å². The lowest BCUT2D eigenvalue weighted by molar-refractivity contribution is 0.383. The maximum Gasteiger partial charge on any atom is 0.243 e. The Bertz CT molecular complexity index is 1180. The number of sulfonamides is 1. The van der Waals surface area contributed by atoms with E-state index in [2.05, 4.69) is 20.5 Å². The smallest absolute Gasteiger partial charge is 0.243 e. The third-order valence-corrected chi connectivity index (χ3v) is 6.78. The summed E-state index contributed by atoms with van der Waals surface area (Å²) < 4.78 is 53.3. The number of anilines is 3. The molecule has 2 aromatic heterocycles. The zero-order valence-electron chi connectivity index (χ0n) is 16.7. The number of aromatic nitrogens is 3. The van der Waals surface area contributed by atoms with Crippen LogP contribution in [0.1, 0.15) is 5.69 Å². The average Bonchev–Trinajstić information content (AvgIpc) is 2.76. The minimum Gasteiger partial charge on any atom is -0.352 e. The number of piperazine rings is 1. The Morgan fingerprint density at radius 1 is 0.903 bits per heavy atom. The van der Waals surface area contributed by atoms with E-state index in [0.29, 0.717) is 36.6 Å². The zero-order chi connectivity index (χ0) is 22.0. The normalized spacial score (nSPS) is 15.1. The van der Waals surface area contributed by atoms with Crippen LogP contribution in [0.4, 0.5) is 26.2 Å². The van der Waals surface area contributed by atoms with E-state index < -0.39 is 21.7 Å². The van der Waals surface area contributed by atoms with Crippen LogP contribution in [0.2, 0.25) is 0 Å². The van der Waals surface area contributed by atoms with E-state index >= 15 is 0 Å². The molecule has 11 heteroatoms. The molecule has 0 atom stereocenters. The molecule has 8 nitrogen and oxygen atoms in total. The number of halogens is 2. The number of aryl methyl sites for hydroxylation is 1. The van der Waals surface area contributed by atoms with Gasteiger partial charge in [-0.2, -0.15) is 4.31 Å². The second kappa shape index (κ2) is 8.52. The quantitative estimate of drug-likeness (QED) is 0.644. The van der Waals surface area contributed by atoms with Crippen molar-refractivity contribution in [3.8, 4) is 0 Å². The summed E-state index contributed by atoms with van der Waals surface area (Å²) in [5, 5.41) is 11.5. The van der Waals surface area contributed by atoms with Crippen LogP contribution in [-0.4, -0.2) is 54.1 Å². The summed E-state index contributed by atoms with van der Waals surface area (Å²) in [5.74, 6) is -0.449. The predicted molar refractivity (Wildman–Crippen MR) is 112 cm³/mol. The van der Waals surface area contributed by atoms with Crippen LogP contribution in [0.5, 0.6) is 0 Å². The van der Waals surface area contributed by atoms with Crippen LogP contribution >= 0.6 is 0 Å². The van der Waals surface area contributed by atoms with Crippen LogP contribution in [-0.2, 0) is 10.0 Å². The molecule has 0 aliphatic carbocycles. The molecular formula is C20H20F2N6O2S. The first kappa shape index (κ1) is 21.1. The summed E-state index contributed by atoms with van der Waals surface area (Å²) in [5.41, 5.74) is 0.880. The first-order chi connectivity index (χ1) is 14.8. The fraction of sp³-hybridized carbons (Fsp3) is 0.250. The molecule has 0 spiro atoms. The van der Waals surface area contributed by atoms with Gasteiger partial charge in [-0.05, 0) is 49.4 Å². The zero-order valence-corrected chi connectivity index (χ0v) is 17.5. The van der Waals surface area contributed by atoms with Crippen molar-refractivity contribution in [1.82, 2.24) is 19.5 Å². The van der Waals surface area contributed by atoms with E-state index in [1.807, 2.05) is 30.0 Å². The Kier molecular flexibility index (Phi) is 5.79. The minimum absolute atomic E-state index is 0.191. The van der Waals surface area contributed by atoms with Crippen LogP contribution in [0.25, 0.3) is 0 Å². The SMILES string of the molecule is Cc1cccc(Nc2ccc(N3CCN(S(=O)(=O)c4ccc(F)c(F)c4)CC3)nn2)n1. The van der Waals surface area contributed by atoms with Crippen LogP contribution in [0, 0.1) is 18.6 Å². The van der Waals surface area contributed by atoms with Gasteiger partial charge in [-0.1, -0.05) is 6.07 Å². The second-order valence-electron chi connectivity index (χ2n) is 7.03. The molecule has 1 fully saturated rings. The summed E-state index contributed by atoms with van der Waals surface area (Å²) >= 11 is 0. The molecule has 1 aromatic carbocycles. The fourth-order valence-corrected chi connectivity index (χ4v) is 4.68. The standard InChI is InChI=1S/C20H20F2N6O2S/c1-14-3-2-4-18(23-14)24-19-7-8-20(26-25-19)27-9-11-28(12-10-27)31(29,30)15-5-6-16(21)17(22)13-15/h2-8,13H,9-12H2,1H3,(H,23,24,25). The molecule has 162 valence electrons. The van der Waals surface area contributed by atoms with E-state index in [9.17, 15) is 17.2 Å². The Morgan fingerprint density at radius 2 is 1.68 bits per heavy atom. The van der Waals surface area contributed by atoms with Gasteiger partial charge in [-0.15, -0.1) is 10.2 Å². The van der Waals surface area contributed by atoms with Crippen molar-refractivity contribution in [2.75, 3.05) is 36.4 Å². The average molecular weight is 446 g/mol. The van der Waals surface area contributed by atoms with Crippen LogP contribution in [0.3, 0.4) is 0 Å². The van der Waals surface area contributed by atoms with Crippen molar-refractivity contribution in [2.45, 2.75) is 11.8 Å². The molecule has 0 bridgehead atoms. The molecule has 0 amide bonds. The Hall–Kier alpha value is -3.18. The highest BCUT2D eigenvalue weighted by atomic mass is 32.2. The molecule has 0 saturated carbocycles. The van der Waals surface area contributed by atoms with Crippen molar-refractivity contribution in [3.63, 3.8) is 0 Å². The molecule has 0 radical (unpaired) electrons. The number of pyridine rings is 1. The van der Waals surface area contributed by atoms with Gasteiger partial charge in [0.2, 0.25) is 10.0 Å². The van der Waals surface area contributed by atoms with Crippen molar-refractivity contribution >= 4 is 27.5 Å². The largest absolute Gasteiger partial charge is 0.352 e. The summed E-state index contributed by atoms with van der Waals surface area (Å²) in [7, 11) is -3.90. The van der Waals surface area contributed by atoms with Crippen molar-refractivity contribution in [3.05, 3.63) is 65.9 Å². The minimum atomic E-state index is -3.90. The molecular weight excluding hydrogens is 426 g/mol. The van der Waals surface area contributed by atoms with Gasteiger partial charge < -0.3 is 10.2 Å². The fourth-order valence-electron chi connectivity index (χ4n) is 3.25. The monoisotopic (exact) mass is 446 g/mol. The third kappa shape index (κ3) is 4.62. The Balaban J connectivity index is 1.39. The second-order valence-corrected chi connectivity index (χ2v) is 8.97. The molecule has 3 aromatic rings. The lowest BCUT2D eigenvalue weighted by Crippen LogP contribution is -2.49. The number of nitrogens with zero attached hydrogens (tertiary/aromatic N) is 5. The first-order valence-electron chi connectivity index (χ1n) is 9.57. The highest BCUT2D eigenvalue weighted by Crippen LogP contribution is 2.22. The van der Waals surface area contributed by atoms with Crippen LogP contribution in [0.15, 0.2) is 53.4 Å². The number of rotatable bonds is 5. The van der Waals surface area contributed by atoms with Crippen molar-refractivity contribution in [1.29, 1.82) is 0 Å². The van der Waals surface area contributed by atoms with Crippen molar-refractivity contribution in [2.24, 2.45) is 0 Å². The number of nitrogens with one attached hydrogen (secondary N) is 1. The topological polar surface area (TPSA) is 91.3 Å². The first-order valence-corrected chi connectivity index (χ1v) is 11.0. The number of hydrogen-bond donors (Lipinski definition) is 1. The summed E-state index contributed by atoms with van der Waals surface area (Å²) in [6.07, 6.45) is 0. The molecule has 4 rings (SSSR count). The summed E-state index contributed by atoms with van der Waals surface area (Å²) in [6, 6.07) is 11.8. The molecule has 3 heterocycles. The van der Waals surface area contributed by atoms with Gasteiger partial charge in [0, 0.05) is 31.9 Å². The van der Waals surface area contributed by atoms with Gasteiger partial charge in [-0.3, -0.25) is 0 Å². The predicted octanol–water partition coefficient (Wildman–Crippen LogP) is 2.71. The van der Waals surface area contributed by atoms with Gasteiger partial charge >= 0.3 is 0 Å². The van der Waals surface area contributed by atoms with Gasteiger partial charge in [0.05, 0.1) is 4.90 Å². The molecule has 1 saturated heterocycles. The van der Waals surface area contributed by atoms with Gasteiger partial charge in [0.15, 0.2) is 23.3 Å². The Labute approximate surface area is 178 Å². The number of hydrogen-bond acceptors (Lipinski definition) is 7. The van der Waals surface area contributed by atoms with E-state index in [1.54, 1.807) is 12.1 Å². The van der Waals surface area contributed by atoms with Gasteiger partial charge in [0.1, 0.15) is 5.82 Å².